The van der Waals surface area contributed by atoms with Crippen molar-refractivity contribution in [3.63, 3.8) is 0 Å². The summed E-state index contributed by atoms with van der Waals surface area (Å²) in [4.78, 5) is 10.7. The number of hydrogen-bond acceptors (Lipinski definition) is 2. The zero-order chi connectivity index (χ0) is 13.5. The third-order valence-electron chi connectivity index (χ3n) is 3.76. The summed E-state index contributed by atoms with van der Waals surface area (Å²) >= 11 is 3.51. The number of rotatable bonds is 3. The van der Waals surface area contributed by atoms with Gasteiger partial charge in [-0.1, -0.05) is 15.9 Å². The first kappa shape index (κ1) is 13.4. The lowest BCUT2D eigenvalue weighted by Gasteiger charge is -2.21. The minimum Gasteiger partial charge on any atom is -0.486 e. The van der Waals surface area contributed by atoms with Gasteiger partial charge in [-0.3, -0.25) is 4.79 Å². The first-order chi connectivity index (χ1) is 8.43. The van der Waals surface area contributed by atoms with Gasteiger partial charge in [0.2, 0.25) is 6.41 Å². The van der Waals surface area contributed by atoms with Crippen LogP contribution >= 0.6 is 15.9 Å². The summed E-state index contributed by atoms with van der Waals surface area (Å²) in [6.45, 7) is 8.20. The smallest absolute Gasteiger partial charge is 0.211 e. The molecular formula is C14H18BrNO2. The molecule has 1 aromatic rings. The van der Waals surface area contributed by atoms with Crippen LogP contribution in [0.15, 0.2) is 0 Å². The molecular weight excluding hydrogens is 294 g/mol. The molecule has 1 aliphatic heterocycles. The lowest BCUT2D eigenvalue weighted by Crippen LogP contribution is -2.32. The number of carbonyl (C=O) groups is 1. The number of fused-ring (bicyclic) bond motifs is 1. The molecule has 2 rings (SSSR count). The molecule has 1 aliphatic rings. The van der Waals surface area contributed by atoms with E-state index in [0.717, 1.165) is 46.3 Å². The number of nitrogens with one attached hydrogen (secondary N) is 1. The molecule has 3 nitrogen and oxygen atoms in total. The van der Waals surface area contributed by atoms with Gasteiger partial charge in [-0.25, -0.2) is 0 Å². The van der Waals surface area contributed by atoms with Gasteiger partial charge >= 0.3 is 0 Å². The summed E-state index contributed by atoms with van der Waals surface area (Å²) < 4.78 is 6.11. The van der Waals surface area contributed by atoms with E-state index in [4.69, 9.17) is 4.74 Å². The van der Waals surface area contributed by atoms with Crippen LogP contribution in [0.5, 0.6) is 5.75 Å². The third kappa shape index (κ3) is 1.92. The van der Waals surface area contributed by atoms with Crippen molar-refractivity contribution in [1.29, 1.82) is 0 Å². The van der Waals surface area contributed by atoms with Crippen molar-refractivity contribution in [2.75, 3.05) is 10.6 Å². The van der Waals surface area contributed by atoms with Crippen molar-refractivity contribution in [3.05, 3.63) is 22.3 Å². The second kappa shape index (κ2) is 4.57. The van der Waals surface area contributed by atoms with Crippen LogP contribution in [0.2, 0.25) is 0 Å². The van der Waals surface area contributed by atoms with Crippen molar-refractivity contribution in [3.8, 4) is 5.75 Å². The Morgan fingerprint density at radius 2 is 2.00 bits per heavy atom. The van der Waals surface area contributed by atoms with E-state index in [1.807, 2.05) is 20.8 Å². The van der Waals surface area contributed by atoms with Gasteiger partial charge in [0.25, 0.3) is 0 Å². The van der Waals surface area contributed by atoms with Gasteiger partial charge in [-0.2, -0.15) is 0 Å². The van der Waals surface area contributed by atoms with E-state index in [-0.39, 0.29) is 5.60 Å². The molecule has 98 valence electrons. The van der Waals surface area contributed by atoms with Crippen LogP contribution in [0.3, 0.4) is 0 Å². The number of benzene rings is 1. The lowest BCUT2D eigenvalue weighted by molar-refractivity contribution is -0.105. The topological polar surface area (TPSA) is 38.3 Å². The van der Waals surface area contributed by atoms with Crippen molar-refractivity contribution >= 4 is 28.0 Å². The molecule has 0 radical (unpaired) electrons. The normalized spacial score (nSPS) is 21.4. The number of ether oxygens (including phenoxy) is 1. The van der Waals surface area contributed by atoms with E-state index in [9.17, 15) is 4.79 Å². The molecule has 0 bridgehead atoms. The SMILES string of the molecule is Cc1c(C)c2c(c(C)c1NC=O)CC(C)(CBr)O2. The fourth-order valence-corrected chi connectivity index (χ4v) is 2.86. The van der Waals surface area contributed by atoms with Crippen molar-refractivity contribution in [2.24, 2.45) is 0 Å². The van der Waals surface area contributed by atoms with Crippen LogP contribution in [-0.4, -0.2) is 17.3 Å². The maximum atomic E-state index is 10.7. The average molecular weight is 312 g/mol. The highest BCUT2D eigenvalue weighted by atomic mass is 79.9. The zero-order valence-corrected chi connectivity index (χ0v) is 12.8. The second-order valence-electron chi connectivity index (χ2n) is 5.18. The molecule has 0 saturated heterocycles. The fourth-order valence-electron chi connectivity index (χ4n) is 2.54. The number of anilines is 1. The largest absolute Gasteiger partial charge is 0.486 e. The number of carbonyl (C=O) groups excluding carboxylic acids is 1. The number of amides is 1. The molecule has 1 heterocycles. The van der Waals surface area contributed by atoms with Crippen LogP contribution in [0.1, 0.15) is 29.2 Å². The van der Waals surface area contributed by atoms with E-state index in [0.29, 0.717) is 0 Å². The molecule has 1 unspecified atom stereocenters. The predicted molar refractivity (Wildman–Crippen MR) is 76.9 cm³/mol. The molecule has 4 heteroatoms. The van der Waals surface area contributed by atoms with Gasteiger partial charge in [0.15, 0.2) is 0 Å². The fraction of sp³-hybridized carbons (Fsp3) is 0.500. The van der Waals surface area contributed by atoms with Gasteiger partial charge in [-0.05, 0) is 44.4 Å². The Labute approximate surface area is 116 Å². The molecule has 1 atom stereocenters. The summed E-state index contributed by atoms with van der Waals surface area (Å²) in [7, 11) is 0. The van der Waals surface area contributed by atoms with E-state index in [2.05, 4.69) is 28.2 Å². The highest BCUT2D eigenvalue weighted by molar-refractivity contribution is 9.09. The van der Waals surface area contributed by atoms with Crippen molar-refractivity contribution in [2.45, 2.75) is 39.7 Å². The molecule has 0 aliphatic carbocycles. The molecule has 1 N–H and O–H groups in total. The van der Waals surface area contributed by atoms with E-state index >= 15 is 0 Å². The average Bonchev–Trinajstić information content (AvgIpc) is 2.71. The highest BCUT2D eigenvalue weighted by Crippen LogP contribution is 2.44. The molecule has 0 spiro atoms. The van der Waals surface area contributed by atoms with Gasteiger partial charge in [-0.15, -0.1) is 0 Å². The van der Waals surface area contributed by atoms with Gasteiger partial charge < -0.3 is 10.1 Å². The monoisotopic (exact) mass is 311 g/mol. The summed E-state index contributed by atoms with van der Waals surface area (Å²) in [5.74, 6) is 0.989. The predicted octanol–water partition coefficient (Wildman–Crippen LogP) is 3.27. The van der Waals surface area contributed by atoms with Gasteiger partial charge in [0.1, 0.15) is 11.4 Å². The Bertz CT molecular complexity index is 513. The number of halogens is 1. The van der Waals surface area contributed by atoms with Crippen LogP contribution in [0.25, 0.3) is 0 Å². The molecule has 0 aromatic heterocycles. The van der Waals surface area contributed by atoms with Crippen molar-refractivity contribution in [1.82, 2.24) is 0 Å². The molecule has 0 saturated carbocycles. The first-order valence-electron chi connectivity index (χ1n) is 6.01. The van der Waals surface area contributed by atoms with Crippen LogP contribution in [-0.2, 0) is 11.2 Å². The molecule has 18 heavy (non-hydrogen) atoms. The maximum absolute atomic E-state index is 10.7. The minimum absolute atomic E-state index is 0.190. The summed E-state index contributed by atoms with van der Waals surface area (Å²) in [6.07, 6.45) is 1.61. The Hall–Kier alpha value is -1.03. The number of alkyl halides is 1. The lowest BCUT2D eigenvalue weighted by atomic mass is 9.92. The maximum Gasteiger partial charge on any atom is 0.211 e. The quantitative estimate of drug-likeness (QED) is 0.687. The standard InChI is InChI=1S/C14H18BrNO2/c1-8-9(2)13-11(5-14(4,6-15)18-13)10(3)12(8)16-7-17/h7H,5-6H2,1-4H3,(H,16,17). The first-order valence-corrected chi connectivity index (χ1v) is 7.13. The summed E-state index contributed by atoms with van der Waals surface area (Å²) in [5, 5.41) is 3.61. The Balaban J connectivity index is 2.60. The zero-order valence-electron chi connectivity index (χ0n) is 11.2. The van der Waals surface area contributed by atoms with Crippen LogP contribution in [0, 0.1) is 20.8 Å². The van der Waals surface area contributed by atoms with E-state index in [1.54, 1.807) is 0 Å². The van der Waals surface area contributed by atoms with Crippen molar-refractivity contribution < 1.29 is 9.53 Å². The Morgan fingerprint density at radius 3 is 2.56 bits per heavy atom. The van der Waals surface area contributed by atoms with Crippen LogP contribution in [0.4, 0.5) is 5.69 Å². The van der Waals surface area contributed by atoms with Gasteiger partial charge in [0.05, 0.1) is 0 Å². The van der Waals surface area contributed by atoms with Gasteiger partial charge in [0, 0.05) is 23.0 Å². The highest BCUT2D eigenvalue weighted by Gasteiger charge is 2.37. The summed E-state index contributed by atoms with van der Waals surface area (Å²) in [6, 6.07) is 0. The third-order valence-corrected chi connectivity index (χ3v) is 4.95. The van der Waals surface area contributed by atoms with Crippen LogP contribution < -0.4 is 10.1 Å². The van der Waals surface area contributed by atoms with E-state index in [1.165, 1.54) is 5.56 Å². The van der Waals surface area contributed by atoms with E-state index < -0.39 is 0 Å². The second-order valence-corrected chi connectivity index (χ2v) is 5.74. The minimum atomic E-state index is -0.190. The molecule has 1 aromatic carbocycles. The Morgan fingerprint density at radius 1 is 1.33 bits per heavy atom. The number of hydrogen-bond donors (Lipinski definition) is 1. The Kier molecular flexibility index (Phi) is 3.41. The molecule has 1 amide bonds. The summed E-state index contributed by atoms with van der Waals surface area (Å²) in [5.41, 5.74) is 5.25. The molecule has 0 fully saturated rings.